The number of rotatable bonds is 10. The molecule has 0 spiro atoms. The van der Waals surface area contributed by atoms with Crippen molar-refractivity contribution in [1.29, 1.82) is 0 Å². The monoisotopic (exact) mass is 264 g/mol. The second-order valence-corrected chi connectivity index (χ2v) is 5.02. The number of hydrogen-bond donors (Lipinski definition) is 1. The molecule has 1 aromatic rings. The van der Waals surface area contributed by atoms with E-state index < -0.39 is 0 Å². The molecule has 1 aromatic heterocycles. The fourth-order valence-corrected chi connectivity index (χ4v) is 2.18. The molecule has 0 aliphatic rings. The molecule has 0 amide bonds. The van der Waals surface area contributed by atoms with Crippen molar-refractivity contribution < 1.29 is 4.42 Å². The normalized spacial score (nSPS) is 11.2. The van der Waals surface area contributed by atoms with E-state index in [1.54, 1.807) is 0 Å². The molecule has 0 unspecified atom stereocenters. The number of nitrogens with zero attached hydrogens (tertiary/aromatic N) is 1. The summed E-state index contributed by atoms with van der Waals surface area (Å²) in [5.74, 6) is 2.12. The third-order valence-corrected chi connectivity index (χ3v) is 3.09. The van der Waals surface area contributed by atoms with Crippen LogP contribution in [0.25, 0.3) is 0 Å². The molecule has 0 aliphatic heterocycles. The third-order valence-electron chi connectivity index (χ3n) is 3.09. The van der Waals surface area contributed by atoms with Crippen LogP contribution in [0.15, 0.2) is 23.1 Å². The molecule has 0 saturated heterocycles. The van der Waals surface area contributed by atoms with Gasteiger partial charge in [-0.1, -0.05) is 19.9 Å². The van der Waals surface area contributed by atoms with Gasteiger partial charge in [-0.3, -0.25) is 4.90 Å². The van der Waals surface area contributed by atoms with Gasteiger partial charge in [0, 0.05) is 6.54 Å². The van der Waals surface area contributed by atoms with Crippen LogP contribution in [0.3, 0.4) is 0 Å². The molecule has 1 rings (SSSR count). The number of aryl methyl sites for hydroxylation is 1. The second-order valence-electron chi connectivity index (χ2n) is 5.02. The van der Waals surface area contributed by atoms with Gasteiger partial charge in [0.2, 0.25) is 0 Å². The molecule has 0 saturated carbocycles. The van der Waals surface area contributed by atoms with Crippen LogP contribution in [0.5, 0.6) is 0 Å². The van der Waals surface area contributed by atoms with Crippen molar-refractivity contribution in [3.05, 3.63) is 35.8 Å². The summed E-state index contributed by atoms with van der Waals surface area (Å²) in [4.78, 5) is 2.36. The molecule has 0 fully saturated rings. The summed E-state index contributed by atoms with van der Waals surface area (Å²) < 4.78 is 5.95. The average molecular weight is 264 g/mol. The van der Waals surface area contributed by atoms with Gasteiger partial charge < -0.3 is 9.73 Å². The number of hydrogen-bond acceptors (Lipinski definition) is 3. The van der Waals surface area contributed by atoms with Crippen molar-refractivity contribution in [2.45, 2.75) is 46.7 Å². The van der Waals surface area contributed by atoms with Gasteiger partial charge in [0.15, 0.2) is 0 Å². The summed E-state index contributed by atoms with van der Waals surface area (Å²) in [6.45, 7) is 15.0. The van der Waals surface area contributed by atoms with E-state index >= 15 is 0 Å². The lowest BCUT2D eigenvalue weighted by molar-refractivity contribution is 0.264. The Morgan fingerprint density at radius 3 is 2.79 bits per heavy atom. The zero-order chi connectivity index (χ0) is 14.1. The smallest absolute Gasteiger partial charge is 0.120 e. The first-order valence-corrected chi connectivity index (χ1v) is 7.33. The molecule has 1 heterocycles. The van der Waals surface area contributed by atoms with Crippen LogP contribution < -0.4 is 5.32 Å². The highest BCUT2D eigenvalue weighted by Crippen LogP contribution is 2.16. The largest absolute Gasteiger partial charge is 0.463 e. The Labute approximate surface area is 117 Å². The Hall–Kier alpha value is -1.06. The van der Waals surface area contributed by atoms with Crippen LogP contribution in [0, 0.1) is 6.92 Å². The molecule has 3 heteroatoms. The van der Waals surface area contributed by atoms with Crippen LogP contribution >= 0.6 is 0 Å². The van der Waals surface area contributed by atoms with Gasteiger partial charge in [0.05, 0.1) is 13.1 Å². The summed E-state index contributed by atoms with van der Waals surface area (Å²) in [5.41, 5.74) is 1.24. The zero-order valence-electron chi connectivity index (χ0n) is 12.7. The number of furan rings is 1. The van der Waals surface area contributed by atoms with Gasteiger partial charge in [-0.2, -0.15) is 0 Å². The van der Waals surface area contributed by atoms with Crippen LogP contribution in [0.1, 0.15) is 43.8 Å². The Balaban J connectivity index is 2.57. The van der Waals surface area contributed by atoms with E-state index in [1.807, 2.05) is 6.08 Å². The first kappa shape index (κ1) is 16.0. The van der Waals surface area contributed by atoms with Crippen molar-refractivity contribution in [2.75, 3.05) is 19.6 Å². The first-order valence-electron chi connectivity index (χ1n) is 7.33. The Kier molecular flexibility index (Phi) is 7.53. The molecule has 1 N–H and O–H groups in total. The van der Waals surface area contributed by atoms with E-state index in [0.717, 1.165) is 57.1 Å². The fraction of sp³-hybridized carbons (Fsp3) is 0.625. The predicted octanol–water partition coefficient (Wildman–Crippen LogP) is 3.49. The SMILES string of the molecule is C=CCN(CCC)Cc1cc(C)c(CNCCC)o1. The number of nitrogens with one attached hydrogen (secondary N) is 1. The summed E-state index contributed by atoms with van der Waals surface area (Å²) >= 11 is 0. The Morgan fingerprint density at radius 1 is 1.37 bits per heavy atom. The highest BCUT2D eigenvalue weighted by Gasteiger charge is 2.10. The highest BCUT2D eigenvalue weighted by molar-refractivity contribution is 5.20. The minimum Gasteiger partial charge on any atom is -0.463 e. The van der Waals surface area contributed by atoms with Gasteiger partial charge in [-0.25, -0.2) is 0 Å². The van der Waals surface area contributed by atoms with Gasteiger partial charge in [0.25, 0.3) is 0 Å². The summed E-state index contributed by atoms with van der Waals surface area (Å²) in [5, 5.41) is 3.39. The van der Waals surface area contributed by atoms with Crippen molar-refractivity contribution in [3.63, 3.8) is 0 Å². The lowest BCUT2D eigenvalue weighted by Crippen LogP contribution is -2.23. The van der Waals surface area contributed by atoms with E-state index in [1.165, 1.54) is 5.56 Å². The first-order chi connectivity index (χ1) is 9.21. The van der Waals surface area contributed by atoms with E-state index in [-0.39, 0.29) is 0 Å². The van der Waals surface area contributed by atoms with E-state index in [4.69, 9.17) is 4.42 Å². The summed E-state index contributed by atoms with van der Waals surface area (Å²) in [6.07, 6.45) is 4.25. The van der Waals surface area contributed by atoms with Gasteiger partial charge in [-0.15, -0.1) is 6.58 Å². The molecule has 108 valence electrons. The molecule has 0 bridgehead atoms. The standard InChI is InChI=1S/C16H28N2O/c1-5-8-17-12-16-14(4)11-15(19-16)13-18(9-6-2)10-7-3/h6,11,17H,2,5,7-10,12-13H2,1,3-4H3. The van der Waals surface area contributed by atoms with Gasteiger partial charge in [-0.05, 0) is 44.5 Å². The topological polar surface area (TPSA) is 28.4 Å². The molecule has 0 aliphatic carbocycles. The molecule has 0 radical (unpaired) electrons. The average Bonchev–Trinajstić information content (AvgIpc) is 2.71. The summed E-state index contributed by atoms with van der Waals surface area (Å²) in [6, 6.07) is 2.16. The van der Waals surface area contributed by atoms with Gasteiger partial charge >= 0.3 is 0 Å². The van der Waals surface area contributed by atoms with E-state index in [0.29, 0.717) is 0 Å². The van der Waals surface area contributed by atoms with Crippen LogP contribution in [-0.2, 0) is 13.1 Å². The van der Waals surface area contributed by atoms with Gasteiger partial charge in [0.1, 0.15) is 11.5 Å². The van der Waals surface area contributed by atoms with Crippen molar-refractivity contribution in [3.8, 4) is 0 Å². The maximum Gasteiger partial charge on any atom is 0.120 e. The minimum atomic E-state index is 0.828. The second kappa shape index (κ2) is 8.94. The van der Waals surface area contributed by atoms with Crippen molar-refractivity contribution in [2.24, 2.45) is 0 Å². The lowest BCUT2D eigenvalue weighted by Gasteiger charge is -2.18. The molecule has 0 aromatic carbocycles. The van der Waals surface area contributed by atoms with Crippen LogP contribution in [-0.4, -0.2) is 24.5 Å². The minimum absolute atomic E-state index is 0.828. The molecular weight excluding hydrogens is 236 g/mol. The maximum absolute atomic E-state index is 5.95. The zero-order valence-corrected chi connectivity index (χ0v) is 12.7. The van der Waals surface area contributed by atoms with E-state index in [9.17, 15) is 0 Å². The quantitative estimate of drug-likeness (QED) is 0.518. The fourth-order valence-electron chi connectivity index (χ4n) is 2.18. The van der Waals surface area contributed by atoms with Crippen molar-refractivity contribution in [1.82, 2.24) is 10.2 Å². The predicted molar refractivity (Wildman–Crippen MR) is 81.2 cm³/mol. The highest BCUT2D eigenvalue weighted by atomic mass is 16.3. The molecule has 3 nitrogen and oxygen atoms in total. The Morgan fingerprint density at radius 2 is 2.16 bits per heavy atom. The Bertz CT molecular complexity index is 371. The maximum atomic E-state index is 5.95. The third kappa shape index (κ3) is 5.62. The van der Waals surface area contributed by atoms with E-state index in [2.05, 4.69) is 43.6 Å². The molecular formula is C16H28N2O. The molecule has 0 atom stereocenters. The molecule has 19 heavy (non-hydrogen) atoms. The van der Waals surface area contributed by atoms with Crippen molar-refractivity contribution >= 4 is 0 Å². The van der Waals surface area contributed by atoms with Crippen LogP contribution in [0.4, 0.5) is 0 Å². The summed E-state index contributed by atoms with van der Waals surface area (Å²) in [7, 11) is 0. The lowest BCUT2D eigenvalue weighted by atomic mass is 10.2. The van der Waals surface area contributed by atoms with Crippen LogP contribution in [0.2, 0.25) is 0 Å².